The average molecular weight is 915 g/mol. The fourth-order valence-electron chi connectivity index (χ4n) is 12.9. The van der Waals surface area contributed by atoms with E-state index in [1.807, 2.05) is 0 Å². The molecule has 0 N–H and O–H groups in total. The Morgan fingerprint density at radius 1 is 0.471 bits per heavy atom. The Balaban J connectivity index is 1.09. The highest BCUT2D eigenvalue weighted by Gasteiger charge is 2.56. The topological polar surface area (TPSA) is 6.48 Å². The van der Waals surface area contributed by atoms with Crippen LogP contribution in [0.25, 0.3) is 44.5 Å². The molecule has 70 heavy (non-hydrogen) atoms. The molecule has 0 amide bonds. The maximum absolute atomic E-state index is 2.61. The molecule has 9 aromatic carbocycles. The molecule has 0 unspecified atom stereocenters. The molecule has 14 rings (SSSR count). The number of thiophene rings is 1. The molecule has 2 aliphatic heterocycles. The SMILES string of the molecule is CC(C)c1cc(-c2ccccc2)c(-c2ccc3c(c2)N(c2ccccc2)c2cccc4c2B3c2sc3c(c2N4c2ccccc2)-c2ccccc2C32c3ccccc3-c3ccccc32)cc1C(C)(C)C. The van der Waals surface area contributed by atoms with E-state index in [0.717, 1.165) is 5.69 Å². The summed E-state index contributed by atoms with van der Waals surface area (Å²) in [5.74, 6) is 0.384. The van der Waals surface area contributed by atoms with Crippen molar-refractivity contribution in [1.82, 2.24) is 0 Å². The van der Waals surface area contributed by atoms with Crippen LogP contribution in [0.3, 0.4) is 0 Å². The van der Waals surface area contributed by atoms with Gasteiger partial charge >= 0.3 is 0 Å². The van der Waals surface area contributed by atoms with Crippen LogP contribution in [-0.2, 0) is 10.8 Å². The predicted octanol–water partition coefficient (Wildman–Crippen LogP) is 15.9. The summed E-state index contributed by atoms with van der Waals surface area (Å²) in [6.45, 7) is 11.7. The van der Waals surface area contributed by atoms with Crippen LogP contribution in [0.4, 0.5) is 34.1 Å². The van der Waals surface area contributed by atoms with Gasteiger partial charge in [0.1, 0.15) is 0 Å². The number of hydrogen-bond donors (Lipinski definition) is 0. The van der Waals surface area contributed by atoms with Crippen molar-refractivity contribution >= 4 is 67.9 Å². The van der Waals surface area contributed by atoms with E-state index in [4.69, 9.17) is 0 Å². The van der Waals surface area contributed by atoms with Gasteiger partial charge in [0.25, 0.3) is 6.71 Å². The van der Waals surface area contributed by atoms with Gasteiger partial charge in [-0.05, 0) is 144 Å². The van der Waals surface area contributed by atoms with Gasteiger partial charge in [0, 0.05) is 43.7 Å². The van der Waals surface area contributed by atoms with Crippen LogP contribution in [0, 0.1) is 0 Å². The first-order valence-electron chi connectivity index (χ1n) is 24.9. The fourth-order valence-corrected chi connectivity index (χ4v) is 14.5. The van der Waals surface area contributed by atoms with Gasteiger partial charge in [0.15, 0.2) is 0 Å². The quantitative estimate of drug-likeness (QED) is 0.159. The summed E-state index contributed by atoms with van der Waals surface area (Å²) in [6.07, 6.45) is 0. The van der Waals surface area contributed by atoms with E-state index in [1.165, 1.54) is 121 Å². The monoisotopic (exact) mass is 914 g/mol. The summed E-state index contributed by atoms with van der Waals surface area (Å²) >= 11 is 2.05. The van der Waals surface area contributed by atoms with E-state index in [9.17, 15) is 0 Å². The third kappa shape index (κ3) is 5.63. The van der Waals surface area contributed by atoms with E-state index in [2.05, 4.69) is 268 Å². The summed E-state index contributed by atoms with van der Waals surface area (Å²) in [4.78, 5) is 6.59. The van der Waals surface area contributed by atoms with Crippen LogP contribution < -0.4 is 25.5 Å². The third-order valence-corrected chi connectivity index (χ3v) is 17.1. The molecule has 0 atom stereocenters. The summed E-state index contributed by atoms with van der Waals surface area (Å²) in [7, 11) is 0. The van der Waals surface area contributed by atoms with Gasteiger partial charge in [-0.3, -0.25) is 0 Å². The van der Waals surface area contributed by atoms with Crippen LogP contribution in [0.5, 0.6) is 0 Å². The van der Waals surface area contributed by atoms with Gasteiger partial charge in [-0.1, -0.05) is 192 Å². The van der Waals surface area contributed by atoms with Gasteiger partial charge in [-0.2, -0.15) is 0 Å². The number of anilines is 6. The van der Waals surface area contributed by atoms with E-state index in [0.29, 0.717) is 5.92 Å². The number of benzene rings is 9. The highest BCUT2D eigenvalue weighted by molar-refractivity contribution is 7.30. The molecule has 0 saturated heterocycles. The van der Waals surface area contributed by atoms with E-state index < -0.39 is 5.41 Å². The number of hydrogen-bond acceptors (Lipinski definition) is 3. The molecule has 3 heterocycles. The number of fused-ring (bicyclic) bond motifs is 15. The minimum atomic E-state index is -0.448. The summed E-state index contributed by atoms with van der Waals surface area (Å²) in [5, 5.41) is 0. The average Bonchev–Trinajstić information content (AvgIpc) is 4.03. The highest BCUT2D eigenvalue weighted by atomic mass is 32.1. The first-order chi connectivity index (χ1) is 34.2. The predicted molar refractivity (Wildman–Crippen MR) is 298 cm³/mol. The molecule has 334 valence electrons. The van der Waals surface area contributed by atoms with Crippen LogP contribution in [0.2, 0.25) is 0 Å². The van der Waals surface area contributed by atoms with Gasteiger partial charge < -0.3 is 9.80 Å². The fraction of sp³-hybridized carbons (Fsp3) is 0.121. The van der Waals surface area contributed by atoms with Crippen molar-refractivity contribution in [3.63, 3.8) is 0 Å². The number of para-hydroxylation sites is 2. The van der Waals surface area contributed by atoms with E-state index in [-0.39, 0.29) is 12.1 Å². The van der Waals surface area contributed by atoms with Crippen LogP contribution in [0.15, 0.2) is 212 Å². The zero-order valence-corrected chi connectivity index (χ0v) is 41.0. The Kier molecular flexibility index (Phi) is 8.96. The van der Waals surface area contributed by atoms with Crippen molar-refractivity contribution in [3.8, 4) is 44.5 Å². The first kappa shape index (κ1) is 41.3. The van der Waals surface area contributed by atoms with Crippen molar-refractivity contribution in [3.05, 3.63) is 245 Å². The molecule has 1 spiro atoms. The molecule has 0 saturated carbocycles. The van der Waals surface area contributed by atoms with Gasteiger partial charge in [0.05, 0.1) is 11.1 Å². The Morgan fingerprint density at radius 2 is 1.00 bits per heavy atom. The summed E-state index contributed by atoms with van der Waals surface area (Å²) in [6, 6.07) is 80.4. The minimum Gasteiger partial charge on any atom is -0.311 e. The highest BCUT2D eigenvalue weighted by Crippen LogP contribution is 2.67. The van der Waals surface area contributed by atoms with Crippen molar-refractivity contribution in [1.29, 1.82) is 0 Å². The molecule has 1 aromatic heterocycles. The Morgan fingerprint density at radius 3 is 1.61 bits per heavy atom. The minimum absolute atomic E-state index is 0.0149. The Bertz CT molecular complexity index is 3700. The lowest BCUT2D eigenvalue weighted by Crippen LogP contribution is -2.60. The molecule has 0 fully saturated rings. The Hall–Kier alpha value is -7.66. The van der Waals surface area contributed by atoms with E-state index >= 15 is 0 Å². The number of nitrogens with zero attached hydrogens (tertiary/aromatic N) is 2. The second-order valence-corrected chi connectivity index (χ2v) is 22.0. The molecule has 10 aromatic rings. The van der Waals surface area contributed by atoms with Crippen molar-refractivity contribution < 1.29 is 0 Å². The first-order valence-corrected chi connectivity index (χ1v) is 25.7. The molecular weight excluding hydrogens is 864 g/mol. The molecule has 4 heteroatoms. The van der Waals surface area contributed by atoms with Crippen molar-refractivity contribution in [2.75, 3.05) is 9.80 Å². The molecule has 2 aliphatic carbocycles. The standard InChI is InChI=1S/C66H51BN2S/c1-41(2)49-39-50(42-22-9-6-10-23-42)51(40-55(49)65(3,4)5)43-36-37-56-59(38-43)68(44-24-11-7-12-25-44)57-34-21-35-58-61(57)67(56)64-62(69(58)45-26-13-8-14-27-45)60-48-30-17-20-33-54(48)66(63(60)70-64)52-31-18-15-28-46(52)47-29-16-19-32-53(47)66/h6-41H,1-5H3. The summed E-state index contributed by atoms with van der Waals surface area (Å²) < 4.78 is 1.40. The molecule has 2 nitrogen and oxygen atoms in total. The van der Waals surface area contributed by atoms with E-state index in [1.54, 1.807) is 0 Å². The second kappa shape index (κ2) is 15.2. The van der Waals surface area contributed by atoms with Gasteiger partial charge in [-0.15, -0.1) is 11.3 Å². The largest absolute Gasteiger partial charge is 0.311 e. The Labute approximate surface area is 416 Å². The molecular formula is C66H51BN2S. The van der Waals surface area contributed by atoms with Crippen LogP contribution in [0.1, 0.15) is 73.2 Å². The zero-order chi connectivity index (χ0) is 47.0. The maximum atomic E-state index is 2.61. The molecule has 0 radical (unpaired) electrons. The summed E-state index contributed by atoms with van der Waals surface area (Å²) in [5.41, 5.74) is 26.8. The zero-order valence-electron chi connectivity index (χ0n) is 40.2. The third-order valence-electron chi connectivity index (χ3n) is 15.7. The lowest BCUT2D eigenvalue weighted by molar-refractivity contribution is 0.577. The normalized spacial score (nSPS) is 14.2. The van der Waals surface area contributed by atoms with Crippen LogP contribution >= 0.6 is 11.3 Å². The maximum Gasteiger partial charge on any atom is 0.264 e. The smallest absolute Gasteiger partial charge is 0.264 e. The lowest BCUT2D eigenvalue weighted by atomic mass is 9.36. The van der Waals surface area contributed by atoms with Crippen molar-refractivity contribution in [2.45, 2.75) is 51.4 Å². The van der Waals surface area contributed by atoms with Gasteiger partial charge in [0.2, 0.25) is 0 Å². The van der Waals surface area contributed by atoms with Crippen molar-refractivity contribution in [2.24, 2.45) is 0 Å². The lowest BCUT2D eigenvalue weighted by Gasteiger charge is -2.43. The van der Waals surface area contributed by atoms with Crippen LogP contribution in [-0.4, -0.2) is 6.71 Å². The molecule has 4 aliphatic rings. The van der Waals surface area contributed by atoms with Gasteiger partial charge in [-0.25, -0.2) is 0 Å². The number of rotatable bonds is 5. The molecule has 0 bridgehead atoms. The second-order valence-electron chi connectivity index (χ2n) is 20.9.